The number of rotatable bonds is 4. The molecule has 2 rings (SSSR count). The van der Waals surface area contributed by atoms with Gasteiger partial charge in [-0.2, -0.15) is 0 Å². The first-order chi connectivity index (χ1) is 8.58. The zero-order chi connectivity index (χ0) is 13.1. The largest absolute Gasteiger partial charge is 0.373 e. The fraction of sp³-hybridized carbons (Fsp3) is 0.385. The van der Waals surface area contributed by atoms with E-state index in [0.29, 0.717) is 5.92 Å². The van der Waals surface area contributed by atoms with Crippen LogP contribution in [0.4, 0.5) is 5.82 Å². The summed E-state index contributed by atoms with van der Waals surface area (Å²) in [5.41, 5.74) is 1.09. The van der Waals surface area contributed by atoms with E-state index in [2.05, 4.69) is 45.1 Å². The number of nitrogens with one attached hydrogen (secondary N) is 1. The van der Waals surface area contributed by atoms with Gasteiger partial charge in [-0.3, -0.25) is 0 Å². The molecule has 0 saturated carbocycles. The van der Waals surface area contributed by atoms with Gasteiger partial charge in [-0.25, -0.2) is 9.97 Å². The van der Waals surface area contributed by atoms with Crippen molar-refractivity contribution in [3.63, 3.8) is 0 Å². The van der Waals surface area contributed by atoms with Gasteiger partial charge in [0.05, 0.1) is 8.66 Å². The van der Waals surface area contributed by atoms with Crippen molar-refractivity contribution in [2.24, 2.45) is 5.92 Å². The monoisotopic (exact) mass is 325 g/mol. The Morgan fingerprint density at radius 2 is 2.11 bits per heavy atom. The van der Waals surface area contributed by atoms with Crippen LogP contribution in [0.2, 0.25) is 0 Å². The van der Waals surface area contributed by atoms with E-state index in [1.165, 1.54) is 0 Å². The lowest BCUT2D eigenvalue weighted by atomic mass is 10.1. The van der Waals surface area contributed by atoms with Gasteiger partial charge in [-0.15, -0.1) is 11.3 Å². The summed E-state index contributed by atoms with van der Waals surface area (Å²) >= 11 is 5.12. The molecule has 2 aromatic heterocycles. The van der Waals surface area contributed by atoms with Crippen molar-refractivity contribution in [1.82, 2.24) is 9.97 Å². The molecule has 5 heteroatoms. The summed E-state index contributed by atoms with van der Waals surface area (Å²) < 4.78 is 1.10. The van der Waals surface area contributed by atoms with E-state index in [4.69, 9.17) is 0 Å². The number of anilines is 1. The van der Waals surface area contributed by atoms with E-state index in [1.807, 2.05) is 25.2 Å². The van der Waals surface area contributed by atoms with Gasteiger partial charge >= 0.3 is 0 Å². The van der Waals surface area contributed by atoms with Crippen molar-refractivity contribution >= 4 is 33.1 Å². The first kappa shape index (κ1) is 13.5. The SMILES string of the molecule is CNc1cc(CC(C)C)nc(-c2ccc(Br)s2)n1. The quantitative estimate of drug-likeness (QED) is 0.915. The van der Waals surface area contributed by atoms with Crippen LogP contribution in [0.3, 0.4) is 0 Å². The molecule has 0 saturated heterocycles. The molecule has 0 bridgehead atoms. The lowest BCUT2D eigenvalue weighted by molar-refractivity contribution is 0.635. The average Bonchev–Trinajstić information content (AvgIpc) is 2.74. The van der Waals surface area contributed by atoms with Gasteiger partial charge in [0.25, 0.3) is 0 Å². The number of hydrogen-bond donors (Lipinski definition) is 1. The van der Waals surface area contributed by atoms with Gasteiger partial charge in [0.1, 0.15) is 5.82 Å². The molecular weight excluding hydrogens is 310 g/mol. The number of halogens is 1. The highest BCUT2D eigenvalue weighted by atomic mass is 79.9. The first-order valence-corrected chi connectivity index (χ1v) is 7.51. The van der Waals surface area contributed by atoms with E-state index in [9.17, 15) is 0 Å². The van der Waals surface area contributed by atoms with Crippen molar-refractivity contribution in [1.29, 1.82) is 0 Å². The van der Waals surface area contributed by atoms with Gasteiger partial charge in [0, 0.05) is 18.8 Å². The molecule has 0 aliphatic heterocycles. The smallest absolute Gasteiger partial charge is 0.171 e. The van der Waals surface area contributed by atoms with Gasteiger partial charge in [0.15, 0.2) is 5.82 Å². The minimum absolute atomic E-state index is 0.590. The maximum atomic E-state index is 4.64. The van der Waals surface area contributed by atoms with Crippen molar-refractivity contribution in [2.75, 3.05) is 12.4 Å². The second-order valence-electron chi connectivity index (χ2n) is 4.52. The normalized spacial score (nSPS) is 10.9. The number of thiophene rings is 1. The fourth-order valence-corrected chi connectivity index (χ4v) is 3.01. The van der Waals surface area contributed by atoms with Crippen LogP contribution in [0.25, 0.3) is 10.7 Å². The molecule has 0 radical (unpaired) electrons. The van der Waals surface area contributed by atoms with Crippen LogP contribution < -0.4 is 5.32 Å². The topological polar surface area (TPSA) is 37.8 Å². The highest BCUT2D eigenvalue weighted by molar-refractivity contribution is 9.11. The lowest BCUT2D eigenvalue weighted by Crippen LogP contribution is -2.03. The Labute approximate surface area is 120 Å². The first-order valence-electron chi connectivity index (χ1n) is 5.90. The molecule has 96 valence electrons. The molecule has 3 nitrogen and oxygen atoms in total. The van der Waals surface area contributed by atoms with Gasteiger partial charge in [-0.1, -0.05) is 13.8 Å². The molecule has 2 heterocycles. The van der Waals surface area contributed by atoms with Gasteiger partial charge in [0.2, 0.25) is 0 Å². The van der Waals surface area contributed by atoms with Crippen molar-refractivity contribution in [3.8, 4) is 10.7 Å². The minimum atomic E-state index is 0.590. The molecule has 0 amide bonds. The molecule has 0 aliphatic rings. The molecule has 0 aliphatic carbocycles. The van der Waals surface area contributed by atoms with Crippen molar-refractivity contribution in [2.45, 2.75) is 20.3 Å². The molecule has 0 spiro atoms. The molecule has 18 heavy (non-hydrogen) atoms. The van der Waals surface area contributed by atoms with E-state index in [0.717, 1.165) is 32.4 Å². The number of hydrogen-bond acceptors (Lipinski definition) is 4. The lowest BCUT2D eigenvalue weighted by Gasteiger charge is -2.08. The number of aromatic nitrogens is 2. The number of nitrogens with zero attached hydrogens (tertiary/aromatic N) is 2. The molecule has 2 aromatic rings. The van der Waals surface area contributed by atoms with Gasteiger partial charge < -0.3 is 5.32 Å². The summed E-state index contributed by atoms with van der Waals surface area (Å²) in [5, 5.41) is 3.10. The Hall–Kier alpha value is -0.940. The summed E-state index contributed by atoms with van der Waals surface area (Å²) in [6.45, 7) is 4.39. The molecule has 1 N–H and O–H groups in total. The summed E-state index contributed by atoms with van der Waals surface area (Å²) in [7, 11) is 1.88. The van der Waals surface area contributed by atoms with Crippen LogP contribution in [-0.4, -0.2) is 17.0 Å². The predicted molar refractivity (Wildman–Crippen MR) is 81.1 cm³/mol. The van der Waals surface area contributed by atoms with E-state index in [1.54, 1.807) is 11.3 Å². The maximum Gasteiger partial charge on any atom is 0.171 e. The maximum absolute atomic E-state index is 4.64. The van der Waals surface area contributed by atoms with E-state index >= 15 is 0 Å². The average molecular weight is 326 g/mol. The van der Waals surface area contributed by atoms with Crippen molar-refractivity contribution < 1.29 is 0 Å². The fourth-order valence-electron chi connectivity index (χ4n) is 1.69. The second kappa shape index (κ2) is 5.80. The van der Waals surface area contributed by atoms with Crippen LogP contribution in [0.1, 0.15) is 19.5 Å². The second-order valence-corrected chi connectivity index (χ2v) is 6.98. The highest BCUT2D eigenvalue weighted by Gasteiger charge is 2.09. The van der Waals surface area contributed by atoms with E-state index in [-0.39, 0.29) is 0 Å². The third-order valence-electron chi connectivity index (χ3n) is 2.45. The Bertz CT molecular complexity index is 537. The summed E-state index contributed by atoms with van der Waals surface area (Å²) in [5.74, 6) is 2.26. The molecular formula is C13H16BrN3S. The Morgan fingerprint density at radius 3 is 2.67 bits per heavy atom. The Kier molecular flexibility index (Phi) is 4.35. The zero-order valence-electron chi connectivity index (χ0n) is 10.7. The third-order valence-corrected chi connectivity index (χ3v) is 4.07. The van der Waals surface area contributed by atoms with Gasteiger partial charge in [-0.05, 0) is 40.4 Å². The Morgan fingerprint density at radius 1 is 1.33 bits per heavy atom. The summed E-state index contributed by atoms with van der Waals surface area (Å²) in [6, 6.07) is 6.09. The van der Waals surface area contributed by atoms with Crippen molar-refractivity contribution in [3.05, 3.63) is 27.7 Å². The Balaban J connectivity index is 2.40. The highest BCUT2D eigenvalue weighted by Crippen LogP contribution is 2.30. The van der Waals surface area contributed by atoms with Crippen LogP contribution in [0.5, 0.6) is 0 Å². The summed E-state index contributed by atoms with van der Waals surface area (Å²) in [4.78, 5) is 10.2. The zero-order valence-corrected chi connectivity index (χ0v) is 13.1. The summed E-state index contributed by atoms with van der Waals surface area (Å²) in [6.07, 6.45) is 0.969. The molecule has 0 atom stereocenters. The minimum Gasteiger partial charge on any atom is -0.373 e. The molecule has 0 unspecified atom stereocenters. The third kappa shape index (κ3) is 3.29. The van der Waals surface area contributed by atoms with E-state index < -0.39 is 0 Å². The predicted octanol–water partition coefficient (Wildman–Crippen LogP) is 4.21. The molecule has 0 fully saturated rings. The van der Waals surface area contributed by atoms with Crippen LogP contribution >= 0.6 is 27.3 Å². The van der Waals surface area contributed by atoms with Crippen LogP contribution in [-0.2, 0) is 6.42 Å². The van der Waals surface area contributed by atoms with Crippen LogP contribution in [0, 0.1) is 5.92 Å². The standard InChI is InChI=1S/C13H16BrN3S/c1-8(2)6-9-7-12(15-3)17-13(16-9)10-4-5-11(14)18-10/h4-5,7-8H,6H2,1-3H3,(H,15,16,17). The van der Waals surface area contributed by atoms with Crippen LogP contribution in [0.15, 0.2) is 22.0 Å². The molecule has 0 aromatic carbocycles.